The number of nitrogens with zero attached hydrogens (tertiary/aromatic N) is 1. The van der Waals surface area contributed by atoms with Crippen molar-refractivity contribution in [3.05, 3.63) is 0 Å². The molecule has 2 saturated heterocycles. The van der Waals surface area contributed by atoms with E-state index in [0.717, 1.165) is 6.04 Å². The van der Waals surface area contributed by atoms with Crippen LogP contribution in [0.5, 0.6) is 0 Å². The summed E-state index contributed by atoms with van der Waals surface area (Å²) in [5, 5.41) is 7.03. The molecule has 1 unspecified atom stereocenters. The topological polar surface area (TPSA) is 27.3 Å². The first-order chi connectivity index (χ1) is 7.45. The normalized spacial score (nSPS) is 29.2. The van der Waals surface area contributed by atoms with Gasteiger partial charge in [-0.15, -0.1) is 0 Å². The fourth-order valence-corrected chi connectivity index (χ4v) is 2.69. The number of rotatable bonds is 4. The van der Waals surface area contributed by atoms with Gasteiger partial charge in [0, 0.05) is 19.1 Å². The highest BCUT2D eigenvalue weighted by atomic mass is 15.1. The molecule has 0 aromatic carbocycles. The smallest absolute Gasteiger partial charge is 0.0107 e. The van der Waals surface area contributed by atoms with Crippen molar-refractivity contribution in [2.24, 2.45) is 0 Å². The molecule has 0 saturated carbocycles. The number of hydrogen-bond donors (Lipinski definition) is 2. The minimum atomic E-state index is 0.829. The van der Waals surface area contributed by atoms with Crippen LogP contribution >= 0.6 is 0 Å². The van der Waals surface area contributed by atoms with Gasteiger partial charge in [0.15, 0.2) is 0 Å². The zero-order valence-corrected chi connectivity index (χ0v) is 9.80. The van der Waals surface area contributed by atoms with E-state index in [1.165, 1.54) is 71.4 Å². The summed E-state index contributed by atoms with van der Waals surface area (Å²) in [5.41, 5.74) is 0. The third-order valence-electron chi connectivity index (χ3n) is 3.62. The predicted octanol–water partition coefficient (Wildman–Crippen LogP) is 0.814. The largest absolute Gasteiger partial charge is 0.315 e. The standard InChI is InChI=1S/C12H25N3/c1-4-12(14-7-1)5-2-9-15-10-3-6-13-8-11-15/h12-14H,1-11H2. The molecule has 2 aliphatic heterocycles. The van der Waals surface area contributed by atoms with Crippen LogP contribution in [0.3, 0.4) is 0 Å². The second-order valence-corrected chi connectivity index (χ2v) is 4.88. The van der Waals surface area contributed by atoms with Crippen molar-refractivity contribution in [1.82, 2.24) is 15.5 Å². The van der Waals surface area contributed by atoms with Gasteiger partial charge in [0.1, 0.15) is 0 Å². The molecule has 0 spiro atoms. The van der Waals surface area contributed by atoms with E-state index >= 15 is 0 Å². The van der Waals surface area contributed by atoms with Gasteiger partial charge in [-0.1, -0.05) is 0 Å². The van der Waals surface area contributed by atoms with Gasteiger partial charge < -0.3 is 15.5 Å². The highest BCUT2D eigenvalue weighted by Crippen LogP contribution is 2.11. The molecule has 2 heterocycles. The molecule has 15 heavy (non-hydrogen) atoms. The van der Waals surface area contributed by atoms with Crippen LogP contribution in [-0.4, -0.2) is 50.2 Å². The summed E-state index contributed by atoms with van der Waals surface area (Å²) < 4.78 is 0. The van der Waals surface area contributed by atoms with Crippen molar-refractivity contribution in [3.63, 3.8) is 0 Å². The Morgan fingerprint density at radius 1 is 1.07 bits per heavy atom. The van der Waals surface area contributed by atoms with Gasteiger partial charge in [0.05, 0.1) is 0 Å². The van der Waals surface area contributed by atoms with Gasteiger partial charge in [-0.2, -0.15) is 0 Å². The minimum Gasteiger partial charge on any atom is -0.315 e. The molecule has 2 aliphatic rings. The molecule has 0 amide bonds. The monoisotopic (exact) mass is 211 g/mol. The van der Waals surface area contributed by atoms with Gasteiger partial charge in [-0.05, 0) is 58.3 Å². The first-order valence-corrected chi connectivity index (χ1v) is 6.61. The Kier molecular flexibility index (Phi) is 4.90. The van der Waals surface area contributed by atoms with E-state index in [2.05, 4.69) is 15.5 Å². The molecule has 0 radical (unpaired) electrons. The van der Waals surface area contributed by atoms with Crippen LogP contribution in [0.2, 0.25) is 0 Å². The first-order valence-electron chi connectivity index (χ1n) is 6.61. The Hall–Kier alpha value is -0.120. The van der Waals surface area contributed by atoms with Crippen LogP contribution in [0, 0.1) is 0 Å². The zero-order chi connectivity index (χ0) is 10.3. The number of nitrogens with one attached hydrogen (secondary N) is 2. The van der Waals surface area contributed by atoms with E-state index in [9.17, 15) is 0 Å². The molecule has 3 nitrogen and oxygen atoms in total. The maximum Gasteiger partial charge on any atom is 0.0107 e. The Morgan fingerprint density at radius 2 is 2.07 bits per heavy atom. The van der Waals surface area contributed by atoms with Crippen LogP contribution in [0.1, 0.15) is 32.1 Å². The Labute approximate surface area is 93.6 Å². The molecular weight excluding hydrogens is 186 g/mol. The molecule has 0 aromatic rings. The summed E-state index contributed by atoms with van der Waals surface area (Å²) in [7, 11) is 0. The third kappa shape index (κ3) is 4.09. The lowest BCUT2D eigenvalue weighted by Crippen LogP contribution is -2.30. The molecule has 1 atom stereocenters. The summed E-state index contributed by atoms with van der Waals surface area (Å²) in [5.74, 6) is 0. The second kappa shape index (κ2) is 6.46. The molecule has 2 fully saturated rings. The summed E-state index contributed by atoms with van der Waals surface area (Å²) >= 11 is 0. The van der Waals surface area contributed by atoms with E-state index in [1.54, 1.807) is 0 Å². The molecular formula is C12H25N3. The summed E-state index contributed by atoms with van der Waals surface area (Å²) in [4.78, 5) is 2.62. The highest BCUT2D eigenvalue weighted by Gasteiger charge is 2.14. The van der Waals surface area contributed by atoms with Crippen molar-refractivity contribution in [2.45, 2.75) is 38.1 Å². The number of hydrogen-bond acceptors (Lipinski definition) is 3. The van der Waals surface area contributed by atoms with Gasteiger partial charge in [-0.3, -0.25) is 0 Å². The highest BCUT2D eigenvalue weighted by molar-refractivity contribution is 4.75. The van der Waals surface area contributed by atoms with Gasteiger partial charge in [0.25, 0.3) is 0 Å². The fraction of sp³-hybridized carbons (Fsp3) is 1.00. The van der Waals surface area contributed by atoms with Crippen molar-refractivity contribution < 1.29 is 0 Å². The van der Waals surface area contributed by atoms with Crippen molar-refractivity contribution >= 4 is 0 Å². The lowest BCUT2D eigenvalue weighted by atomic mass is 10.1. The summed E-state index contributed by atoms with van der Waals surface area (Å²) in [6, 6.07) is 0.829. The average molecular weight is 211 g/mol. The Balaban J connectivity index is 1.55. The van der Waals surface area contributed by atoms with Crippen molar-refractivity contribution in [1.29, 1.82) is 0 Å². The predicted molar refractivity (Wildman–Crippen MR) is 64.2 cm³/mol. The second-order valence-electron chi connectivity index (χ2n) is 4.88. The van der Waals surface area contributed by atoms with Crippen molar-refractivity contribution in [2.75, 3.05) is 39.3 Å². The van der Waals surface area contributed by atoms with Crippen LogP contribution in [0.15, 0.2) is 0 Å². The molecule has 2 N–H and O–H groups in total. The quantitative estimate of drug-likeness (QED) is 0.721. The van der Waals surface area contributed by atoms with Crippen molar-refractivity contribution in [3.8, 4) is 0 Å². The summed E-state index contributed by atoms with van der Waals surface area (Å²) in [6.45, 7) is 7.49. The Morgan fingerprint density at radius 3 is 2.93 bits per heavy atom. The molecule has 88 valence electrons. The zero-order valence-electron chi connectivity index (χ0n) is 9.80. The van der Waals surface area contributed by atoms with E-state index in [4.69, 9.17) is 0 Å². The van der Waals surface area contributed by atoms with E-state index < -0.39 is 0 Å². The summed E-state index contributed by atoms with van der Waals surface area (Å²) in [6.07, 6.45) is 6.86. The lowest BCUT2D eigenvalue weighted by molar-refractivity contribution is 0.281. The lowest BCUT2D eigenvalue weighted by Gasteiger charge is -2.20. The van der Waals surface area contributed by atoms with Gasteiger partial charge in [-0.25, -0.2) is 0 Å². The van der Waals surface area contributed by atoms with Gasteiger partial charge in [0.2, 0.25) is 0 Å². The van der Waals surface area contributed by atoms with Crippen LogP contribution < -0.4 is 10.6 Å². The average Bonchev–Trinajstić information content (AvgIpc) is 2.62. The van der Waals surface area contributed by atoms with Crippen LogP contribution in [-0.2, 0) is 0 Å². The maximum atomic E-state index is 3.58. The molecule has 0 bridgehead atoms. The Bertz CT molecular complexity index is 158. The molecule has 3 heteroatoms. The minimum absolute atomic E-state index is 0.829. The van der Waals surface area contributed by atoms with Crippen LogP contribution in [0.4, 0.5) is 0 Å². The fourth-order valence-electron chi connectivity index (χ4n) is 2.69. The molecule has 2 rings (SSSR count). The van der Waals surface area contributed by atoms with E-state index in [1.807, 2.05) is 0 Å². The third-order valence-corrected chi connectivity index (χ3v) is 3.62. The first kappa shape index (κ1) is 11.4. The molecule has 0 aromatic heterocycles. The van der Waals surface area contributed by atoms with E-state index in [-0.39, 0.29) is 0 Å². The SMILES string of the molecule is C1CNC(CCCN2CCCNCC2)C1. The van der Waals surface area contributed by atoms with Crippen LogP contribution in [0.25, 0.3) is 0 Å². The van der Waals surface area contributed by atoms with E-state index in [0.29, 0.717) is 0 Å². The maximum absolute atomic E-state index is 3.58. The molecule has 0 aliphatic carbocycles. The van der Waals surface area contributed by atoms with Gasteiger partial charge >= 0.3 is 0 Å².